The van der Waals surface area contributed by atoms with Crippen molar-refractivity contribution in [2.45, 2.75) is 12.5 Å². The first kappa shape index (κ1) is 16.3. The van der Waals surface area contributed by atoms with E-state index in [1.165, 1.54) is 6.08 Å². The summed E-state index contributed by atoms with van der Waals surface area (Å²) in [4.78, 5) is 11.8. The fourth-order valence-electron chi connectivity index (χ4n) is 1.96. The molecule has 0 aliphatic rings. The van der Waals surface area contributed by atoms with Crippen LogP contribution in [-0.2, 0) is 10.4 Å². The smallest absolute Gasteiger partial charge is 0.244 e. The number of aliphatic hydroxyl groups is 1. The number of carbonyl (C=O) groups excluding carboxylic acids is 1. The molecule has 0 bridgehead atoms. The van der Waals surface area contributed by atoms with Crippen LogP contribution < -0.4 is 5.32 Å². The molecule has 0 aliphatic carbocycles. The zero-order valence-electron chi connectivity index (χ0n) is 12.3. The Balaban J connectivity index is 1.91. The number of benzene rings is 2. The SMILES string of the molecule is CC(O)(CNC(=O)/C=C/c1ccc(Cl)cc1)c1ccccc1. The van der Waals surface area contributed by atoms with Crippen LogP contribution in [0.1, 0.15) is 18.1 Å². The van der Waals surface area contributed by atoms with E-state index in [0.717, 1.165) is 11.1 Å². The molecule has 1 unspecified atom stereocenters. The minimum atomic E-state index is -1.11. The van der Waals surface area contributed by atoms with Gasteiger partial charge in [0.05, 0.1) is 6.54 Å². The largest absolute Gasteiger partial charge is 0.384 e. The highest BCUT2D eigenvalue weighted by atomic mass is 35.5. The van der Waals surface area contributed by atoms with Crippen molar-refractivity contribution in [2.75, 3.05) is 6.54 Å². The molecule has 0 saturated carbocycles. The van der Waals surface area contributed by atoms with E-state index in [0.29, 0.717) is 5.02 Å². The molecule has 0 aromatic heterocycles. The van der Waals surface area contributed by atoms with Crippen molar-refractivity contribution in [1.29, 1.82) is 0 Å². The summed E-state index contributed by atoms with van der Waals surface area (Å²) in [5, 5.41) is 13.8. The van der Waals surface area contributed by atoms with Gasteiger partial charge >= 0.3 is 0 Å². The lowest BCUT2D eigenvalue weighted by atomic mass is 9.96. The van der Waals surface area contributed by atoms with Gasteiger partial charge in [0.1, 0.15) is 5.60 Å². The van der Waals surface area contributed by atoms with Gasteiger partial charge in [0, 0.05) is 11.1 Å². The van der Waals surface area contributed by atoms with Crippen LogP contribution >= 0.6 is 11.6 Å². The Morgan fingerprint density at radius 3 is 2.45 bits per heavy atom. The summed E-state index contributed by atoms with van der Waals surface area (Å²) in [5.74, 6) is -0.258. The van der Waals surface area contributed by atoms with Crippen molar-refractivity contribution < 1.29 is 9.90 Å². The third kappa shape index (κ3) is 4.72. The average Bonchev–Trinajstić information content (AvgIpc) is 2.53. The predicted octanol–water partition coefficient (Wildman–Crippen LogP) is 3.38. The van der Waals surface area contributed by atoms with Crippen molar-refractivity contribution in [2.24, 2.45) is 0 Å². The number of carbonyl (C=O) groups is 1. The highest BCUT2D eigenvalue weighted by molar-refractivity contribution is 6.30. The van der Waals surface area contributed by atoms with Gasteiger partial charge in [-0.1, -0.05) is 54.1 Å². The Labute approximate surface area is 135 Å². The van der Waals surface area contributed by atoms with Crippen molar-refractivity contribution >= 4 is 23.6 Å². The van der Waals surface area contributed by atoms with Crippen molar-refractivity contribution in [3.8, 4) is 0 Å². The van der Waals surface area contributed by atoms with E-state index in [1.54, 1.807) is 25.1 Å². The predicted molar refractivity (Wildman–Crippen MR) is 89.5 cm³/mol. The van der Waals surface area contributed by atoms with E-state index in [4.69, 9.17) is 11.6 Å². The van der Waals surface area contributed by atoms with Gasteiger partial charge < -0.3 is 10.4 Å². The van der Waals surface area contributed by atoms with Crippen LogP contribution in [-0.4, -0.2) is 17.6 Å². The Morgan fingerprint density at radius 1 is 1.18 bits per heavy atom. The van der Waals surface area contributed by atoms with Crippen LogP contribution in [0.25, 0.3) is 6.08 Å². The lowest BCUT2D eigenvalue weighted by Crippen LogP contribution is -2.37. The fourth-order valence-corrected chi connectivity index (χ4v) is 2.09. The second-order valence-electron chi connectivity index (χ2n) is 5.24. The summed E-state index contributed by atoms with van der Waals surface area (Å²) >= 11 is 5.80. The molecule has 1 atom stereocenters. The molecule has 0 spiro atoms. The van der Waals surface area contributed by atoms with Crippen molar-refractivity contribution in [1.82, 2.24) is 5.32 Å². The van der Waals surface area contributed by atoms with Crippen LogP contribution in [0.15, 0.2) is 60.7 Å². The highest BCUT2D eigenvalue weighted by Crippen LogP contribution is 2.18. The molecule has 2 aromatic carbocycles. The first-order valence-electron chi connectivity index (χ1n) is 6.97. The maximum absolute atomic E-state index is 11.8. The number of halogens is 1. The summed E-state index contributed by atoms with van der Waals surface area (Å²) in [7, 11) is 0. The monoisotopic (exact) mass is 315 g/mol. The van der Waals surface area contributed by atoms with Gasteiger partial charge in [-0.25, -0.2) is 0 Å². The molecule has 0 aliphatic heterocycles. The molecule has 114 valence electrons. The van der Waals surface area contributed by atoms with Crippen molar-refractivity contribution in [3.63, 3.8) is 0 Å². The molecule has 0 fully saturated rings. The minimum Gasteiger partial charge on any atom is -0.384 e. The Hall–Kier alpha value is -2.10. The molecule has 22 heavy (non-hydrogen) atoms. The Bertz CT molecular complexity index is 649. The summed E-state index contributed by atoms with van der Waals surface area (Å²) in [6, 6.07) is 16.4. The lowest BCUT2D eigenvalue weighted by Gasteiger charge is -2.23. The maximum Gasteiger partial charge on any atom is 0.244 e. The van der Waals surface area contributed by atoms with E-state index in [2.05, 4.69) is 5.32 Å². The molecular formula is C18H18ClNO2. The number of rotatable bonds is 5. The summed E-state index contributed by atoms with van der Waals surface area (Å²) in [6.07, 6.45) is 3.13. The molecule has 1 amide bonds. The second kappa shape index (κ2) is 7.25. The molecule has 0 saturated heterocycles. The second-order valence-corrected chi connectivity index (χ2v) is 5.68. The van der Waals surface area contributed by atoms with Gasteiger partial charge in [-0.3, -0.25) is 4.79 Å². The minimum absolute atomic E-state index is 0.140. The molecule has 3 nitrogen and oxygen atoms in total. The molecule has 4 heteroatoms. The van der Waals surface area contributed by atoms with E-state index >= 15 is 0 Å². The van der Waals surface area contributed by atoms with Crippen LogP contribution in [0.5, 0.6) is 0 Å². The standard InChI is InChI=1S/C18H18ClNO2/c1-18(22,15-5-3-2-4-6-15)13-20-17(21)12-9-14-7-10-16(19)11-8-14/h2-12,22H,13H2,1H3,(H,20,21)/b12-9+. The Morgan fingerprint density at radius 2 is 1.82 bits per heavy atom. The normalized spacial score (nSPS) is 13.8. The van der Waals surface area contributed by atoms with Crippen molar-refractivity contribution in [3.05, 3.63) is 76.8 Å². The first-order chi connectivity index (χ1) is 10.5. The maximum atomic E-state index is 11.8. The van der Waals surface area contributed by atoms with E-state index in [1.807, 2.05) is 42.5 Å². The van der Waals surface area contributed by atoms with E-state index in [-0.39, 0.29) is 12.5 Å². The molecule has 2 N–H and O–H groups in total. The zero-order chi connectivity index (χ0) is 16.0. The third-order valence-corrected chi connectivity index (χ3v) is 3.55. The quantitative estimate of drug-likeness (QED) is 0.831. The van der Waals surface area contributed by atoms with E-state index in [9.17, 15) is 9.90 Å². The number of amides is 1. The van der Waals surface area contributed by atoms with Gasteiger partial charge in [-0.2, -0.15) is 0 Å². The van der Waals surface area contributed by atoms with Crippen LogP contribution in [0.3, 0.4) is 0 Å². The summed E-state index contributed by atoms with van der Waals surface area (Å²) in [6.45, 7) is 1.81. The third-order valence-electron chi connectivity index (χ3n) is 3.30. The summed E-state index contributed by atoms with van der Waals surface area (Å²) in [5.41, 5.74) is 0.539. The molecule has 0 heterocycles. The number of hydrogen-bond acceptors (Lipinski definition) is 2. The fraction of sp³-hybridized carbons (Fsp3) is 0.167. The zero-order valence-corrected chi connectivity index (χ0v) is 13.0. The van der Waals surface area contributed by atoms with Crippen LogP contribution in [0.4, 0.5) is 0 Å². The van der Waals surface area contributed by atoms with Gasteiger partial charge in [-0.05, 0) is 36.3 Å². The van der Waals surface area contributed by atoms with Crippen LogP contribution in [0.2, 0.25) is 5.02 Å². The number of nitrogens with one attached hydrogen (secondary N) is 1. The van der Waals surface area contributed by atoms with Gasteiger partial charge in [0.25, 0.3) is 0 Å². The number of hydrogen-bond donors (Lipinski definition) is 2. The molecule has 2 rings (SSSR count). The van der Waals surface area contributed by atoms with Gasteiger partial charge in [-0.15, -0.1) is 0 Å². The van der Waals surface area contributed by atoms with Gasteiger partial charge in [0.15, 0.2) is 0 Å². The first-order valence-corrected chi connectivity index (χ1v) is 7.34. The Kier molecular flexibility index (Phi) is 5.36. The average molecular weight is 316 g/mol. The topological polar surface area (TPSA) is 49.3 Å². The molecule has 0 radical (unpaired) electrons. The van der Waals surface area contributed by atoms with E-state index < -0.39 is 5.60 Å². The molecule has 2 aromatic rings. The lowest BCUT2D eigenvalue weighted by molar-refractivity contribution is -0.117. The van der Waals surface area contributed by atoms with Gasteiger partial charge in [0.2, 0.25) is 5.91 Å². The molecular weight excluding hydrogens is 298 g/mol. The highest BCUT2D eigenvalue weighted by Gasteiger charge is 2.22. The van der Waals surface area contributed by atoms with Crippen LogP contribution in [0, 0.1) is 0 Å². The summed E-state index contributed by atoms with van der Waals surface area (Å²) < 4.78 is 0.